The average molecular weight is 259 g/mol. The maximum atomic E-state index is 13.4. The molecular formula is C10H14FN3O2S. The molecule has 1 aliphatic heterocycles. The van der Waals surface area contributed by atoms with Gasteiger partial charge in [0.1, 0.15) is 0 Å². The third-order valence-electron chi connectivity index (χ3n) is 3.00. The molecule has 1 aromatic rings. The van der Waals surface area contributed by atoms with Gasteiger partial charge in [-0.1, -0.05) is 6.92 Å². The molecule has 0 aliphatic carbocycles. The minimum atomic E-state index is -3.85. The van der Waals surface area contributed by atoms with E-state index in [1.165, 1.54) is 12.3 Å². The Labute approximate surface area is 99.5 Å². The van der Waals surface area contributed by atoms with Crippen molar-refractivity contribution in [3.05, 3.63) is 24.1 Å². The van der Waals surface area contributed by atoms with E-state index < -0.39 is 26.4 Å². The summed E-state index contributed by atoms with van der Waals surface area (Å²) in [6.45, 7) is 2.31. The van der Waals surface area contributed by atoms with E-state index >= 15 is 0 Å². The molecule has 5 nitrogen and oxygen atoms in total. The Kier molecular flexibility index (Phi) is 2.92. The lowest BCUT2D eigenvalue weighted by molar-refractivity contribution is 0.152. The maximum absolute atomic E-state index is 13.4. The summed E-state index contributed by atoms with van der Waals surface area (Å²) in [5.74, 6) is -0.835. The van der Waals surface area contributed by atoms with Crippen molar-refractivity contribution in [1.82, 2.24) is 9.29 Å². The summed E-state index contributed by atoms with van der Waals surface area (Å²) in [5, 5.41) is -0.529. The molecule has 2 N–H and O–H groups in total. The average Bonchev–Trinajstić information content (AvgIpc) is 2.25. The van der Waals surface area contributed by atoms with Crippen molar-refractivity contribution in [3.63, 3.8) is 0 Å². The van der Waals surface area contributed by atoms with E-state index in [4.69, 9.17) is 5.73 Å². The number of pyridine rings is 1. The summed E-state index contributed by atoms with van der Waals surface area (Å²) in [6, 6.07) is 2.43. The van der Waals surface area contributed by atoms with Crippen molar-refractivity contribution in [2.75, 3.05) is 13.1 Å². The lowest BCUT2D eigenvalue weighted by Gasteiger charge is -2.45. The molecule has 1 saturated heterocycles. The minimum Gasteiger partial charge on any atom is -0.323 e. The van der Waals surface area contributed by atoms with Gasteiger partial charge in [-0.25, -0.2) is 17.8 Å². The van der Waals surface area contributed by atoms with Crippen LogP contribution < -0.4 is 5.73 Å². The van der Waals surface area contributed by atoms with Gasteiger partial charge in [-0.15, -0.1) is 0 Å². The number of rotatable bonds is 3. The molecule has 2 heterocycles. The highest BCUT2D eigenvalue weighted by Crippen LogP contribution is 2.28. The Bertz CT molecular complexity index is 526. The molecule has 1 aliphatic rings. The van der Waals surface area contributed by atoms with Crippen molar-refractivity contribution in [1.29, 1.82) is 0 Å². The van der Waals surface area contributed by atoms with Crippen LogP contribution in [0.15, 0.2) is 23.4 Å². The van der Waals surface area contributed by atoms with Crippen LogP contribution in [0.4, 0.5) is 4.39 Å². The van der Waals surface area contributed by atoms with E-state index in [9.17, 15) is 12.8 Å². The largest absolute Gasteiger partial charge is 0.323 e. The second-order valence-corrected chi connectivity index (χ2v) is 6.13. The molecule has 1 aromatic heterocycles. The molecule has 7 heteroatoms. The highest BCUT2D eigenvalue weighted by Gasteiger charge is 2.45. The van der Waals surface area contributed by atoms with E-state index in [1.54, 1.807) is 0 Å². The minimum absolute atomic E-state index is 0.210. The van der Waals surface area contributed by atoms with Crippen LogP contribution in [-0.2, 0) is 10.0 Å². The van der Waals surface area contributed by atoms with Crippen LogP contribution in [0.3, 0.4) is 0 Å². The van der Waals surface area contributed by atoms with Gasteiger partial charge in [-0.3, -0.25) is 0 Å². The molecule has 0 bridgehead atoms. The van der Waals surface area contributed by atoms with Crippen molar-refractivity contribution >= 4 is 10.0 Å². The van der Waals surface area contributed by atoms with Crippen LogP contribution in [0.1, 0.15) is 13.3 Å². The number of sulfonamides is 1. The molecule has 0 radical (unpaired) electrons. The lowest BCUT2D eigenvalue weighted by atomic mass is 9.91. The Morgan fingerprint density at radius 3 is 2.76 bits per heavy atom. The molecule has 17 heavy (non-hydrogen) atoms. The quantitative estimate of drug-likeness (QED) is 0.849. The van der Waals surface area contributed by atoms with Gasteiger partial charge in [-0.2, -0.15) is 4.31 Å². The van der Waals surface area contributed by atoms with Gasteiger partial charge >= 0.3 is 0 Å². The normalized spacial score (nSPS) is 19.9. The van der Waals surface area contributed by atoms with Crippen LogP contribution in [-0.4, -0.2) is 36.3 Å². The molecule has 94 valence electrons. The van der Waals surface area contributed by atoms with Gasteiger partial charge < -0.3 is 5.73 Å². The molecule has 0 aromatic carbocycles. The molecule has 0 spiro atoms. The zero-order valence-corrected chi connectivity index (χ0v) is 10.2. The maximum Gasteiger partial charge on any atom is 0.263 e. The van der Waals surface area contributed by atoms with Gasteiger partial charge in [0.2, 0.25) is 5.03 Å². The standard InChI is InChI=1S/C10H14FN3O2S/c1-2-10(12)6-14(7-10)17(15,16)9-8(11)4-3-5-13-9/h3-5H,2,6-7,12H2,1H3. The predicted octanol–water partition coefficient (Wildman–Crippen LogP) is 0.333. The molecule has 1 fully saturated rings. The summed E-state index contributed by atoms with van der Waals surface area (Å²) in [7, 11) is -3.85. The second-order valence-electron chi connectivity index (χ2n) is 4.28. The molecule has 0 unspecified atom stereocenters. The Morgan fingerprint density at radius 1 is 1.59 bits per heavy atom. The van der Waals surface area contributed by atoms with Gasteiger partial charge in [0.15, 0.2) is 5.82 Å². The topological polar surface area (TPSA) is 76.3 Å². The van der Waals surface area contributed by atoms with Crippen LogP contribution in [0.25, 0.3) is 0 Å². The van der Waals surface area contributed by atoms with Crippen molar-refractivity contribution in [2.45, 2.75) is 23.9 Å². The van der Waals surface area contributed by atoms with Gasteiger partial charge in [0.25, 0.3) is 10.0 Å². The van der Waals surface area contributed by atoms with E-state index in [2.05, 4.69) is 4.98 Å². The first-order valence-electron chi connectivity index (χ1n) is 5.29. The van der Waals surface area contributed by atoms with Crippen molar-refractivity contribution < 1.29 is 12.8 Å². The molecule has 0 saturated carbocycles. The van der Waals surface area contributed by atoms with E-state index in [-0.39, 0.29) is 13.1 Å². The zero-order valence-electron chi connectivity index (χ0n) is 9.43. The highest BCUT2D eigenvalue weighted by atomic mass is 32.2. The predicted molar refractivity (Wildman–Crippen MR) is 60.2 cm³/mol. The summed E-state index contributed by atoms with van der Waals surface area (Å²) < 4.78 is 38.5. The number of aromatic nitrogens is 1. The fraction of sp³-hybridized carbons (Fsp3) is 0.500. The van der Waals surface area contributed by atoms with Crippen LogP contribution >= 0.6 is 0 Å². The molecule has 0 atom stereocenters. The number of halogens is 1. The number of nitrogens with zero attached hydrogens (tertiary/aromatic N) is 2. The van der Waals surface area contributed by atoms with Crippen LogP contribution in [0, 0.1) is 5.82 Å². The number of hydrogen-bond donors (Lipinski definition) is 1. The molecular weight excluding hydrogens is 245 g/mol. The van der Waals surface area contributed by atoms with E-state index in [1.807, 2.05) is 6.92 Å². The molecule has 2 rings (SSSR count). The first kappa shape index (κ1) is 12.4. The summed E-state index contributed by atoms with van der Waals surface area (Å²) in [4.78, 5) is 3.58. The van der Waals surface area contributed by atoms with Gasteiger partial charge in [-0.05, 0) is 18.6 Å². The number of nitrogens with two attached hydrogens (primary N) is 1. The van der Waals surface area contributed by atoms with Crippen molar-refractivity contribution in [2.24, 2.45) is 5.73 Å². The first-order valence-corrected chi connectivity index (χ1v) is 6.73. The summed E-state index contributed by atoms with van der Waals surface area (Å²) in [6.07, 6.45) is 1.94. The van der Waals surface area contributed by atoms with Gasteiger partial charge in [0.05, 0.1) is 0 Å². The van der Waals surface area contributed by atoms with Crippen LogP contribution in [0.2, 0.25) is 0 Å². The third kappa shape index (κ3) is 2.05. The van der Waals surface area contributed by atoms with Crippen LogP contribution in [0.5, 0.6) is 0 Å². The van der Waals surface area contributed by atoms with E-state index in [0.717, 1.165) is 10.4 Å². The number of hydrogen-bond acceptors (Lipinski definition) is 4. The first-order chi connectivity index (χ1) is 7.89. The summed E-state index contributed by atoms with van der Waals surface area (Å²) in [5.41, 5.74) is 5.40. The fourth-order valence-corrected chi connectivity index (χ4v) is 3.34. The zero-order chi connectivity index (χ0) is 12.7. The van der Waals surface area contributed by atoms with Crippen molar-refractivity contribution in [3.8, 4) is 0 Å². The van der Waals surface area contributed by atoms with Gasteiger partial charge in [0, 0.05) is 24.8 Å². The Morgan fingerprint density at radius 2 is 2.24 bits per heavy atom. The SMILES string of the molecule is CCC1(N)CN(S(=O)(=O)c2ncccc2F)C1. The lowest BCUT2D eigenvalue weighted by Crippen LogP contribution is -2.68. The second kappa shape index (κ2) is 4.01. The Balaban J connectivity index is 2.26. The molecule has 0 amide bonds. The Hall–Kier alpha value is -1.05. The fourth-order valence-electron chi connectivity index (χ4n) is 1.73. The smallest absolute Gasteiger partial charge is 0.263 e. The monoisotopic (exact) mass is 259 g/mol. The third-order valence-corrected chi connectivity index (χ3v) is 4.72. The summed E-state index contributed by atoms with van der Waals surface area (Å²) >= 11 is 0. The highest BCUT2D eigenvalue weighted by molar-refractivity contribution is 7.89. The van der Waals surface area contributed by atoms with E-state index in [0.29, 0.717) is 6.42 Å².